The van der Waals surface area contributed by atoms with E-state index < -0.39 is 5.54 Å². The Hall–Kier alpha value is -2.63. The highest BCUT2D eigenvalue weighted by Crippen LogP contribution is 2.44. The van der Waals surface area contributed by atoms with Crippen molar-refractivity contribution >= 4 is 23.5 Å². The summed E-state index contributed by atoms with van der Waals surface area (Å²) in [6.45, 7) is 9.18. The fourth-order valence-corrected chi connectivity index (χ4v) is 4.87. The van der Waals surface area contributed by atoms with Crippen LogP contribution in [0.25, 0.3) is 0 Å². The minimum absolute atomic E-state index is 0.0647. The number of nitrogens with zero attached hydrogens (tertiary/aromatic N) is 1. The summed E-state index contributed by atoms with van der Waals surface area (Å²) in [4.78, 5) is 38.4. The number of para-hydroxylation sites is 1. The number of carbonyl (C=O) groups is 3. The summed E-state index contributed by atoms with van der Waals surface area (Å²) in [6.07, 6.45) is 6.79. The van der Waals surface area contributed by atoms with Crippen LogP contribution in [0.5, 0.6) is 0 Å². The Morgan fingerprint density at radius 2 is 1.78 bits per heavy atom. The molecule has 0 saturated heterocycles. The normalized spacial score (nSPS) is 23.0. The highest BCUT2D eigenvalue weighted by atomic mass is 16.5. The van der Waals surface area contributed by atoms with Gasteiger partial charge in [0.2, 0.25) is 11.8 Å². The number of unbranched alkanes of at least 4 members (excludes halogenated alkanes) is 1. The third-order valence-electron chi connectivity index (χ3n) is 6.10. The number of amides is 2. The van der Waals surface area contributed by atoms with E-state index in [1.807, 2.05) is 30.3 Å². The number of rotatable bonds is 10. The molecule has 3 atom stereocenters. The van der Waals surface area contributed by atoms with Gasteiger partial charge in [-0.25, -0.2) is 0 Å². The summed E-state index contributed by atoms with van der Waals surface area (Å²) < 4.78 is 5.75. The zero-order valence-electron chi connectivity index (χ0n) is 20.1. The van der Waals surface area contributed by atoms with Crippen LogP contribution in [0.1, 0.15) is 73.1 Å². The highest BCUT2D eigenvalue weighted by molar-refractivity contribution is 5.91. The molecule has 176 valence electrons. The smallest absolute Gasteiger partial charge is 0.302 e. The van der Waals surface area contributed by atoms with Crippen LogP contribution in [-0.4, -0.2) is 36.0 Å². The Labute approximate surface area is 192 Å². The molecule has 32 heavy (non-hydrogen) atoms. The van der Waals surface area contributed by atoms with Crippen molar-refractivity contribution in [3.8, 4) is 0 Å². The molecular formula is C26H38N2O4. The van der Waals surface area contributed by atoms with Crippen molar-refractivity contribution < 1.29 is 19.1 Å². The first-order valence-corrected chi connectivity index (χ1v) is 11.7. The molecule has 0 heterocycles. The Bertz CT molecular complexity index is 820. The number of hydrogen-bond donors (Lipinski definition) is 1. The summed E-state index contributed by atoms with van der Waals surface area (Å²) in [6, 6.07) is 9.52. The van der Waals surface area contributed by atoms with Gasteiger partial charge in [-0.15, -0.1) is 0 Å². The van der Waals surface area contributed by atoms with Gasteiger partial charge in [0.05, 0.1) is 5.54 Å². The largest absolute Gasteiger partial charge is 0.462 e. The molecule has 6 heteroatoms. The van der Waals surface area contributed by atoms with E-state index in [1.165, 1.54) is 19.4 Å². The lowest BCUT2D eigenvalue weighted by Gasteiger charge is -2.34. The molecule has 0 radical (unpaired) electrons. The summed E-state index contributed by atoms with van der Waals surface area (Å²) in [5.74, 6) is -0.610. The molecule has 0 spiro atoms. The van der Waals surface area contributed by atoms with Gasteiger partial charge in [0.1, 0.15) is 6.10 Å². The van der Waals surface area contributed by atoms with Crippen LogP contribution in [0, 0.1) is 5.92 Å². The predicted octanol–water partition coefficient (Wildman–Crippen LogP) is 4.78. The lowest BCUT2D eigenvalue weighted by atomic mass is 9.83. The second-order valence-electron chi connectivity index (χ2n) is 8.81. The molecule has 1 unspecified atom stereocenters. The number of anilines is 1. The van der Waals surface area contributed by atoms with Crippen molar-refractivity contribution in [1.82, 2.24) is 5.32 Å². The van der Waals surface area contributed by atoms with Crippen molar-refractivity contribution in [2.24, 2.45) is 5.92 Å². The second kappa shape index (κ2) is 11.8. The van der Waals surface area contributed by atoms with Crippen LogP contribution in [0.2, 0.25) is 0 Å². The van der Waals surface area contributed by atoms with Crippen molar-refractivity contribution in [1.29, 1.82) is 0 Å². The first kappa shape index (κ1) is 25.6. The molecule has 1 aromatic rings. The van der Waals surface area contributed by atoms with E-state index in [1.54, 1.807) is 11.8 Å². The zero-order chi connectivity index (χ0) is 23.7. The summed E-state index contributed by atoms with van der Waals surface area (Å²) in [7, 11) is 0. The average Bonchev–Trinajstić information content (AvgIpc) is 3.05. The minimum atomic E-state index is -0.569. The van der Waals surface area contributed by atoms with Crippen LogP contribution >= 0.6 is 0 Å². The molecule has 1 fully saturated rings. The van der Waals surface area contributed by atoms with Crippen molar-refractivity contribution in [2.45, 2.75) is 84.8 Å². The Kier molecular flexibility index (Phi) is 9.48. The first-order valence-electron chi connectivity index (χ1n) is 11.7. The van der Waals surface area contributed by atoms with Gasteiger partial charge in [0.25, 0.3) is 0 Å². The molecule has 2 amide bonds. The number of allylic oxidation sites excluding steroid dienone is 1. The van der Waals surface area contributed by atoms with E-state index in [2.05, 4.69) is 25.2 Å². The maximum Gasteiger partial charge on any atom is 0.302 e. The molecule has 1 saturated carbocycles. The Morgan fingerprint density at radius 1 is 1.09 bits per heavy atom. The molecule has 0 bridgehead atoms. The maximum absolute atomic E-state index is 12.5. The third-order valence-corrected chi connectivity index (χ3v) is 6.10. The van der Waals surface area contributed by atoms with E-state index in [4.69, 9.17) is 4.74 Å². The van der Waals surface area contributed by atoms with Gasteiger partial charge in [-0.05, 0) is 37.0 Å². The SMILES string of the molecule is CCC/C=C(/CCC)C1(NC(C)=O)C[C@@H](CN(C(C)=O)c2ccccc2)[C@H](OC(C)=O)C1. The third kappa shape index (κ3) is 6.68. The predicted molar refractivity (Wildman–Crippen MR) is 127 cm³/mol. The van der Waals surface area contributed by atoms with Crippen molar-refractivity contribution in [3.63, 3.8) is 0 Å². The van der Waals surface area contributed by atoms with E-state index in [9.17, 15) is 14.4 Å². The summed E-state index contributed by atoms with van der Waals surface area (Å²) in [5.41, 5.74) is 1.45. The van der Waals surface area contributed by atoms with Crippen LogP contribution in [0.15, 0.2) is 42.0 Å². The number of benzene rings is 1. The average molecular weight is 443 g/mol. The lowest BCUT2D eigenvalue weighted by Crippen LogP contribution is -2.48. The number of ether oxygens (including phenoxy) is 1. The van der Waals surface area contributed by atoms with Gasteiger partial charge in [0.15, 0.2) is 0 Å². The van der Waals surface area contributed by atoms with Gasteiger partial charge in [0, 0.05) is 45.3 Å². The van der Waals surface area contributed by atoms with Gasteiger partial charge >= 0.3 is 5.97 Å². The summed E-state index contributed by atoms with van der Waals surface area (Å²) in [5, 5.41) is 3.22. The molecule has 1 aliphatic carbocycles. The molecule has 6 nitrogen and oxygen atoms in total. The molecule has 1 aromatic carbocycles. The van der Waals surface area contributed by atoms with Gasteiger partial charge in [-0.1, -0.05) is 51.0 Å². The van der Waals surface area contributed by atoms with E-state index in [-0.39, 0.29) is 29.8 Å². The topological polar surface area (TPSA) is 75.7 Å². The Morgan fingerprint density at radius 3 is 2.31 bits per heavy atom. The van der Waals surface area contributed by atoms with Gasteiger partial charge in [-0.2, -0.15) is 0 Å². The van der Waals surface area contributed by atoms with Crippen LogP contribution in [0.4, 0.5) is 5.69 Å². The van der Waals surface area contributed by atoms with Crippen molar-refractivity contribution in [3.05, 3.63) is 42.0 Å². The minimum Gasteiger partial charge on any atom is -0.462 e. The zero-order valence-corrected chi connectivity index (χ0v) is 20.1. The highest BCUT2D eigenvalue weighted by Gasteiger charge is 2.49. The van der Waals surface area contributed by atoms with Gasteiger partial charge in [-0.3, -0.25) is 14.4 Å². The van der Waals surface area contributed by atoms with Crippen LogP contribution < -0.4 is 10.2 Å². The van der Waals surface area contributed by atoms with E-state index >= 15 is 0 Å². The quantitative estimate of drug-likeness (QED) is 0.418. The first-order chi connectivity index (χ1) is 15.2. The monoisotopic (exact) mass is 442 g/mol. The van der Waals surface area contributed by atoms with E-state index in [0.29, 0.717) is 19.4 Å². The molecule has 2 rings (SSSR count). The second-order valence-corrected chi connectivity index (χ2v) is 8.81. The number of esters is 1. The molecular weight excluding hydrogens is 404 g/mol. The number of carbonyl (C=O) groups excluding carboxylic acids is 3. The summed E-state index contributed by atoms with van der Waals surface area (Å²) >= 11 is 0. The van der Waals surface area contributed by atoms with E-state index in [0.717, 1.165) is 31.4 Å². The van der Waals surface area contributed by atoms with Gasteiger partial charge < -0.3 is 15.0 Å². The lowest BCUT2D eigenvalue weighted by molar-refractivity contribution is -0.147. The van der Waals surface area contributed by atoms with Crippen molar-refractivity contribution in [2.75, 3.05) is 11.4 Å². The van der Waals surface area contributed by atoms with Crippen LogP contribution in [0.3, 0.4) is 0 Å². The molecule has 1 N–H and O–H groups in total. The Balaban J connectivity index is 2.45. The fourth-order valence-electron chi connectivity index (χ4n) is 4.87. The fraction of sp³-hybridized carbons (Fsp3) is 0.577. The molecule has 0 aliphatic heterocycles. The number of hydrogen-bond acceptors (Lipinski definition) is 4. The maximum atomic E-state index is 12.5. The standard InChI is InChI=1S/C26H38N2O4/c1-6-8-13-23(12-7-2)26(27-19(3)29)16-22(25(17-26)32-21(5)31)18-28(20(4)30)24-14-10-9-11-15-24/h9-11,13-15,22,25H,6-8,12,16-18H2,1-5H3,(H,27,29)/b23-13-/t22-,25+,26?/m0/s1. The number of nitrogens with one attached hydrogen (secondary N) is 1. The molecule has 1 aliphatic rings. The molecule has 0 aromatic heterocycles. The van der Waals surface area contributed by atoms with Crippen LogP contribution in [-0.2, 0) is 19.1 Å².